The van der Waals surface area contributed by atoms with E-state index in [1.54, 1.807) is 6.26 Å². The third-order valence-corrected chi connectivity index (χ3v) is 6.35. The van der Waals surface area contributed by atoms with Crippen LogP contribution < -0.4 is 5.32 Å². The van der Waals surface area contributed by atoms with Crippen LogP contribution in [0.2, 0.25) is 5.02 Å². The van der Waals surface area contributed by atoms with Crippen LogP contribution in [0.15, 0.2) is 47.1 Å². The number of carbonyl (C=O) groups is 1. The van der Waals surface area contributed by atoms with Crippen molar-refractivity contribution in [2.75, 3.05) is 32.8 Å². The van der Waals surface area contributed by atoms with E-state index in [9.17, 15) is 4.79 Å². The number of benzene rings is 1. The lowest BCUT2D eigenvalue weighted by Gasteiger charge is -2.35. The van der Waals surface area contributed by atoms with Gasteiger partial charge in [-0.15, -0.1) is 0 Å². The zero-order valence-corrected chi connectivity index (χ0v) is 16.8. The first-order valence-electron chi connectivity index (χ1n) is 10.1. The molecule has 2 heterocycles. The summed E-state index contributed by atoms with van der Waals surface area (Å²) in [6, 6.07) is 11.7. The standard InChI is InChI=1S/C22H27ClN2O3/c23-18-7-5-17(6-8-18)22(9-1-2-10-22)21(26)24-16-19(20-4-3-13-28-20)25-11-14-27-15-12-25/h3-8,13,19H,1-2,9-12,14-16H2,(H,24,26). The number of morpholine rings is 1. The second kappa shape index (κ2) is 8.68. The highest BCUT2D eigenvalue weighted by Gasteiger charge is 2.43. The molecule has 1 aromatic carbocycles. The van der Waals surface area contributed by atoms with Gasteiger partial charge in [-0.3, -0.25) is 9.69 Å². The van der Waals surface area contributed by atoms with Crippen molar-refractivity contribution in [3.8, 4) is 0 Å². The van der Waals surface area contributed by atoms with E-state index in [4.69, 9.17) is 20.8 Å². The summed E-state index contributed by atoms with van der Waals surface area (Å²) < 4.78 is 11.2. The molecule has 1 aromatic heterocycles. The number of nitrogens with zero attached hydrogens (tertiary/aromatic N) is 1. The van der Waals surface area contributed by atoms with Crippen LogP contribution in [0.3, 0.4) is 0 Å². The van der Waals surface area contributed by atoms with Gasteiger partial charge >= 0.3 is 0 Å². The van der Waals surface area contributed by atoms with Crippen LogP contribution in [0.25, 0.3) is 0 Å². The molecule has 1 saturated carbocycles. The zero-order valence-electron chi connectivity index (χ0n) is 16.0. The lowest BCUT2D eigenvalue weighted by Crippen LogP contribution is -2.48. The number of halogens is 1. The fourth-order valence-corrected chi connectivity index (χ4v) is 4.66. The number of amides is 1. The fraction of sp³-hybridized carbons (Fsp3) is 0.500. The third-order valence-electron chi connectivity index (χ3n) is 6.10. The van der Waals surface area contributed by atoms with Gasteiger partial charge in [-0.1, -0.05) is 36.6 Å². The Morgan fingerprint density at radius 3 is 2.50 bits per heavy atom. The number of hydrogen-bond acceptors (Lipinski definition) is 4. The Labute approximate surface area is 171 Å². The molecule has 1 saturated heterocycles. The molecule has 0 spiro atoms. The minimum atomic E-state index is -0.455. The molecule has 1 unspecified atom stereocenters. The topological polar surface area (TPSA) is 54.7 Å². The lowest BCUT2D eigenvalue weighted by molar-refractivity contribution is -0.127. The monoisotopic (exact) mass is 402 g/mol. The first kappa shape index (κ1) is 19.5. The van der Waals surface area contributed by atoms with Crippen LogP contribution in [0.4, 0.5) is 0 Å². The second-order valence-electron chi connectivity index (χ2n) is 7.69. The van der Waals surface area contributed by atoms with E-state index >= 15 is 0 Å². The van der Waals surface area contributed by atoms with Crippen LogP contribution in [-0.2, 0) is 14.9 Å². The summed E-state index contributed by atoms with van der Waals surface area (Å²) in [7, 11) is 0. The summed E-state index contributed by atoms with van der Waals surface area (Å²) in [5, 5.41) is 3.95. The van der Waals surface area contributed by atoms with Gasteiger partial charge in [0.1, 0.15) is 5.76 Å². The highest BCUT2D eigenvalue weighted by atomic mass is 35.5. The Bertz CT molecular complexity index is 764. The molecule has 4 rings (SSSR count). The van der Waals surface area contributed by atoms with Gasteiger partial charge in [0, 0.05) is 24.7 Å². The van der Waals surface area contributed by atoms with E-state index in [0.29, 0.717) is 24.8 Å². The number of ether oxygens (including phenoxy) is 1. The van der Waals surface area contributed by atoms with Crippen molar-refractivity contribution < 1.29 is 13.9 Å². The maximum absolute atomic E-state index is 13.4. The molecule has 0 bridgehead atoms. The van der Waals surface area contributed by atoms with E-state index in [2.05, 4.69) is 10.2 Å². The van der Waals surface area contributed by atoms with Gasteiger partial charge in [-0.25, -0.2) is 0 Å². The van der Waals surface area contributed by atoms with Gasteiger partial charge in [0.2, 0.25) is 5.91 Å². The summed E-state index contributed by atoms with van der Waals surface area (Å²) in [5.74, 6) is 0.992. The minimum Gasteiger partial charge on any atom is -0.468 e. The van der Waals surface area contributed by atoms with Crippen LogP contribution in [-0.4, -0.2) is 43.7 Å². The van der Waals surface area contributed by atoms with E-state index in [0.717, 1.165) is 50.1 Å². The summed E-state index contributed by atoms with van der Waals surface area (Å²) >= 11 is 6.06. The number of furan rings is 1. The highest BCUT2D eigenvalue weighted by Crippen LogP contribution is 2.41. The number of nitrogens with one attached hydrogen (secondary N) is 1. The SMILES string of the molecule is O=C(NCC(c1ccco1)N1CCOCC1)C1(c2ccc(Cl)cc2)CCCC1. The van der Waals surface area contributed by atoms with Crippen molar-refractivity contribution in [2.24, 2.45) is 0 Å². The Hall–Kier alpha value is -1.82. The van der Waals surface area contributed by atoms with Crippen LogP contribution in [0.1, 0.15) is 43.0 Å². The average molecular weight is 403 g/mol. The van der Waals surface area contributed by atoms with Crippen molar-refractivity contribution >= 4 is 17.5 Å². The van der Waals surface area contributed by atoms with Crippen molar-refractivity contribution in [1.29, 1.82) is 0 Å². The molecule has 2 aliphatic rings. The van der Waals surface area contributed by atoms with Crippen molar-refractivity contribution in [1.82, 2.24) is 10.2 Å². The fourth-order valence-electron chi connectivity index (χ4n) is 4.53. The molecule has 0 radical (unpaired) electrons. The van der Waals surface area contributed by atoms with Gasteiger partial charge in [0.05, 0.1) is 30.9 Å². The number of hydrogen-bond donors (Lipinski definition) is 1. The van der Waals surface area contributed by atoms with E-state index in [1.807, 2.05) is 36.4 Å². The molecule has 150 valence electrons. The Morgan fingerprint density at radius 2 is 1.86 bits per heavy atom. The van der Waals surface area contributed by atoms with Gasteiger partial charge in [0.25, 0.3) is 0 Å². The average Bonchev–Trinajstić information content (AvgIpc) is 3.42. The smallest absolute Gasteiger partial charge is 0.230 e. The molecule has 1 aliphatic heterocycles. The number of rotatable bonds is 6. The molecular formula is C22H27ClN2O3. The minimum absolute atomic E-state index is 0.0199. The van der Waals surface area contributed by atoms with Crippen LogP contribution >= 0.6 is 11.6 Å². The quantitative estimate of drug-likeness (QED) is 0.795. The van der Waals surface area contributed by atoms with Crippen LogP contribution in [0, 0.1) is 0 Å². The molecule has 2 aromatic rings. The molecule has 1 atom stereocenters. The van der Waals surface area contributed by atoms with Gasteiger partial charge < -0.3 is 14.5 Å². The number of carbonyl (C=O) groups excluding carboxylic acids is 1. The first-order chi connectivity index (χ1) is 13.7. The molecule has 6 heteroatoms. The van der Waals surface area contributed by atoms with E-state index in [1.165, 1.54) is 0 Å². The largest absolute Gasteiger partial charge is 0.468 e. The molecule has 1 N–H and O–H groups in total. The summed E-state index contributed by atoms with van der Waals surface area (Å²) in [4.78, 5) is 15.7. The lowest BCUT2D eigenvalue weighted by atomic mass is 9.78. The summed E-state index contributed by atoms with van der Waals surface area (Å²) in [6.45, 7) is 3.62. The Morgan fingerprint density at radius 1 is 1.14 bits per heavy atom. The third kappa shape index (κ3) is 3.97. The van der Waals surface area contributed by atoms with Crippen molar-refractivity contribution in [2.45, 2.75) is 37.1 Å². The molecule has 2 fully saturated rings. The molecule has 28 heavy (non-hydrogen) atoms. The predicted octanol–water partition coefficient (Wildman–Crippen LogP) is 3.93. The summed E-state index contributed by atoms with van der Waals surface area (Å²) in [5.41, 5.74) is 0.608. The molecule has 1 amide bonds. The predicted molar refractivity (Wildman–Crippen MR) is 108 cm³/mol. The van der Waals surface area contributed by atoms with E-state index in [-0.39, 0.29) is 11.9 Å². The summed E-state index contributed by atoms with van der Waals surface area (Å²) in [6.07, 6.45) is 5.59. The zero-order chi connectivity index (χ0) is 19.4. The highest BCUT2D eigenvalue weighted by molar-refractivity contribution is 6.30. The Balaban J connectivity index is 1.51. The normalized spacial score (nSPS) is 20.8. The molecular weight excluding hydrogens is 376 g/mol. The van der Waals surface area contributed by atoms with Crippen molar-refractivity contribution in [3.05, 3.63) is 59.0 Å². The second-order valence-corrected chi connectivity index (χ2v) is 8.12. The van der Waals surface area contributed by atoms with E-state index < -0.39 is 5.41 Å². The van der Waals surface area contributed by atoms with Gasteiger partial charge in [-0.2, -0.15) is 0 Å². The molecule has 1 aliphatic carbocycles. The van der Waals surface area contributed by atoms with Gasteiger partial charge in [0.15, 0.2) is 0 Å². The first-order valence-corrected chi connectivity index (χ1v) is 10.5. The van der Waals surface area contributed by atoms with Gasteiger partial charge in [-0.05, 0) is 42.7 Å². The maximum Gasteiger partial charge on any atom is 0.230 e. The Kier molecular flexibility index (Phi) is 6.04. The van der Waals surface area contributed by atoms with Crippen LogP contribution in [0.5, 0.6) is 0 Å². The molecule has 5 nitrogen and oxygen atoms in total. The van der Waals surface area contributed by atoms with Crippen molar-refractivity contribution in [3.63, 3.8) is 0 Å². The maximum atomic E-state index is 13.4.